The molecule has 3 aromatic carbocycles. The highest BCUT2D eigenvalue weighted by Gasteiger charge is 2.33. The van der Waals surface area contributed by atoms with E-state index in [1.54, 1.807) is 6.08 Å². The Hall–Kier alpha value is -4.32. The highest BCUT2D eigenvalue weighted by molar-refractivity contribution is 6.14. The standard InChI is InChI=1S/C27H23N3O3/c31-26-24(28-27(32)30(26)18-20-9-3-1-4-10-20)17-21-19-29(25-14-8-7-13-23(21)25)15-16-33-22-11-5-2-6-12-22/h1-14,17,19H,15-16,18H2,(H,28,32)/b24-17-. The maximum atomic E-state index is 12.9. The highest BCUT2D eigenvalue weighted by Crippen LogP contribution is 2.25. The molecule has 1 aliphatic heterocycles. The van der Waals surface area contributed by atoms with Crippen LogP contribution in [0.5, 0.6) is 5.75 Å². The monoisotopic (exact) mass is 437 g/mol. The molecule has 6 heteroatoms. The lowest BCUT2D eigenvalue weighted by Crippen LogP contribution is -2.30. The third-order valence-corrected chi connectivity index (χ3v) is 5.61. The number of fused-ring (bicyclic) bond motifs is 1. The largest absolute Gasteiger partial charge is 0.492 e. The minimum absolute atomic E-state index is 0.238. The van der Waals surface area contributed by atoms with Gasteiger partial charge in [-0.3, -0.25) is 9.69 Å². The summed E-state index contributed by atoms with van der Waals surface area (Å²) in [6, 6.07) is 26.8. The van der Waals surface area contributed by atoms with Gasteiger partial charge in [0, 0.05) is 22.7 Å². The number of para-hydroxylation sites is 2. The average Bonchev–Trinajstić information content (AvgIpc) is 3.33. The average molecular weight is 437 g/mol. The number of amides is 3. The second-order valence-electron chi connectivity index (χ2n) is 7.82. The predicted octanol–water partition coefficient (Wildman–Crippen LogP) is 4.81. The topological polar surface area (TPSA) is 63.6 Å². The Morgan fingerprint density at radius 3 is 2.33 bits per heavy atom. The fourth-order valence-electron chi connectivity index (χ4n) is 3.99. The van der Waals surface area contributed by atoms with Crippen LogP contribution in [0.25, 0.3) is 17.0 Å². The van der Waals surface area contributed by atoms with Gasteiger partial charge in [0.2, 0.25) is 0 Å². The first-order chi connectivity index (χ1) is 16.2. The lowest BCUT2D eigenvalue weighted by molar-refractivity contribution is -0.123. The minimum Gasteiger partial charge on any atom is -0.492 e. The number of hydrogen-bond donors (Lipinski definition) is 1. The maximum Gasteiger partial charge on any atom is 0.329 e. The summed E-state index contributed by atoms with van der Waals surface area (Å²) >= 11 is 0. The molecule has 3 amide bonds. The lowest BCUT2D eigenvalue weighted by atomic mass is 10.1. The fourth-order valence-corrected chi connectivity index (χ4v) is 3.99. The molecule has 0 radical (unpaired) electrons. The van der Waals surface area contributed by atoms with Gasteiger partial charge in [-0.05, 0) is 29.8 Å². The summed E-state index contributed by atoms with van der Waals surface area (Å²) in [5.74, 6) is 0.502. The maximum absolute atomic E-state index is 12.9. The molecule has 0 saturated carbocycles. The van der Waals surface area contributed by atoms with Crippen LogP contribution in [0.3, 0.4) is 0 Å². The van der Waals surface area contributed by atoms with Crippen LogP contribution in [0, 0.1) is 0 Å². The van der Waals surface area contributed by atoms with Crippen LogP contribution in [0.4, 0.5) is 4.79 Å². The molecule has 33 heavy (non-hydrogen) atoms. The molecule has 164 valence electrons. The third kappa shape index (κ3) is 4.36. The number of hydrogen-bond acceptors (Lipinski definition) is 3. The van der Waals surface area contributed by atoms with Crippen molar-refractivity contribution in [2.75, 3.05) is 6.61 Å². The van der Waals surface area contributed by atoms with Crippen LogP contribution in [0.15, 0.2) is 96.8 Å². The summed E-state index contributed by atoms with van der Waals surface area (Å²) in [4.78, 5) is 26.6. The minimum atomic E-state index is -0.407. The molecule has 0 atom stereocenters. The Balaban J connectivity index is 1.37. The fraction of sp³-hybridized carbons (Fsp3) is 0.111. The molecule has 2 heterocycles. The molecule has 5 rings (SSSR count). The van der Waals surface area contributed by atoms with E-state index in [1.165, 1.54) is 4.90 Å². The van der Waals surface area contributed by atoms with Gasteiger partial charge < -0.3 is 14.6 Å². The van der Waals surface area contributed by atoms with Crippen LogP contribution in [0.1, 0.15) is 11.1 Å². The van der Waals surface area contributed by atoms with E-state index in [9.17, 15) is 9.59 Å². The van der Waals surface area contributed by atoms with E-state index < -0.39 is 6.03 Å². The van der Waals surface area contributed by atoms with Crippen molar-refractivity contribution in [2.24, 2.45) is 0 Å². The molecule has 0 bridgehead atoms. The van der Waals surface area contributed by atoms with E-state index in [2.05, 4.69) is 9.88 Å². The SMILES string of the molecule is O=C1N/C(=C\c2cn(CCOc3ccccc3)c3ccccc23)C(=O)N1Cc1ccccc1. The van der Waals surface area contributed by atoms with Gasteiger partial charge in [0.1, 0.15) is 18.1 Å². The Morgan fingerprint density at radius 2 is 1.55 bits per heavy atom. The van der Waals surface area contributed by atoms with Gasteiger partial charge >= 0.3 is 6.03 Å². The molecule has 0 unspecified atom stereocenters. The van der Waals surface area contributed by atoms with Gasteiger partial charge in [0.25, 0.3) is 5.91 Å². The van der Waals surface area contributed by atoms with Crippen LogP contribution in [-0.4, -0.2) is 28.0 Å². The van der Waals surface area contributed by atoms with Crippen molar-refractivity contribution >= 4 is 28.9 Å². The molecule has 4 aromatic rings. The lowest BCUT2D eigenvalue weighted by Gasteiger charge is -2.11. The van der Waals surface area contributed by atoms with E-state index in [1.807, 2.05) is 91.1 Å². The molecule has 1 aliphatic rings. The van der Waals surface area contributed by atoms with E-state index in [0.29, 0.717) is 13.2 Å². The van der Waals surface area contributed by atoms with Crippen LogP contribution >= 0.6 is 0 Å². The van der Waals surface area contributed by atoms with E-state index in [-0.39, 0.29) is 18.1 Å². The molecule has 1 saturated heterocycles. The summed E-state index contributed by atoms with van der Waals surface area (Å²) in [5, 5.41) is 3.73. The van der Waals surface area contributed by atoms with Crippen molar-refractivity contribution in [3.8, 4) is 5.75 Å². The Labute approximate surface area is 191 Å². The predicted molar refractivity (Wildman–Crippen MR) is 127 cm³/mol. The van der Waals surface area contributed by atoms with Gasteiger partial charge in [-0.2, -0.15) is 0 Å². The van der Waals surface area contributed by atoms with Gasteiger partial charge in [-0.15, -0.1) is 0 Å². The number of nitrogens with zero attached hydrogens (tertiary/aromatic N) is 2. The van der Waals surface area contributed by atoms with E-state index in [0.717, 1.165) is 27.8 Å². The number of urea groups is 1. The van der Waals surface area contributed by atoms with Crippen molar-refractivity contribution in [1.82, 2.24) is 14.8 Å². The van der Waals surface area contributed by atoms with E-state index >= 15 is 0 Å². The molecular weight excluding hydrogens is 414 g/mol. The molecule has 1 fully saturated rings. The summed E-state index contributed by atoms with van der Waals surface area (Å²) in [6.07, 6.45) is 3.74. The van der Waals surface area contributed by atoms with Crippen LogP contribution < -0.4 is 10.1 Å². The van der Waals surface area contributed by atoms with Gasteiger partial charge in [0.15, 0.2) is 0 Å². The molecule has 1 N–H and O–H groups in total. The van der Waals surface area contributed by atoms with Crippen molar-refractivity contribution < 1.29 is 14.3 Å². The van der Waals surface area contributed by atoms with Gasteiger partial charge in [0.05, 0.1) is 13.1 Å². The summed E-state index contributed by atoms with van der Waals surface area (Å²) in [6.45, 7) is 1.40. The van der Waals surface area contributed by atoms with Crippen LogP contribution in [0.2, 0.25) is 0 Å². The summed E-state index contributed by atoms with van der Waals surface area (Å²) in [5.41, 5.74) is 3.09. The molecule has 0 spiro atoms. The smallest absolute Gasteiger partial charge is 0.329 e. The molecular formula is C27H23N3O3. The normalized spacial score (nSPS) is 14.8. The number of carbonyl (C=O) groups is 2. The van der Waals surface area contributed by atoms with Crippen molar-refractivity contribution in [3.63, 3.8) is 0 Å². The quantitative estimate of drug-likeness (QED) is 0.333. The number of ether oxygens (including phenoxy) is 1. The third-order valence-electron chi connectivity index (χ3n) is 5.61. The van der Waals surface area contributed by atoms with Crippen molar-refractivity contribution in [3.05, 3.63) is 108 Å². The zero-order valence-electron chi connectivity index (χ0n) is 18.0. The van der Waals surface area contributed by atoms with E-state index in [4.69, 9.17) is 4.74 Å². The number of aromatic nitrogens is 1. The summed E-state index contributed by atoms with van der Waals surface area (Å²) in [7, 11) is 0. The Bertz CT molecular complexity index is 1330. The Morgan fingerprint density at radius 1 is 0.848 bits per heavy atom. The zero-order chi connectivity index (χ0) is 22.6. The number of benzene rings is 3. The highest BCUT2D eigenvalue weighted by atomic mass is 16.5. The number of nitrogens with one attached hydrogen (secondary N) is 1. The second-order valence-corrected chi connectivity index (χ2v) is 7.82. The molecule has 6 nitrogen and oxygen atoms in total. The first-order valence-corrected chi connectivity index (χ1v) is 10.8. The van der Waals surface area contributed by atoms with Crippen LogP contribution in [-0.2, 0) is 17.9 Å². The number of rotatable bonds is 7. The van der Waals surface area contributed by atoms with Crippen molar-refractivity contribution in [1.29, 1.82) is 0 Å². The molecule has 1 aromatic heterocycles. The first-order valence-electron chi connectivity index (χ1n) is 10.8. The van der Waals surface area contributed by atoms with Gasteiger partial charge in [-0.25, -0.2) is 4.79 Å². The second kappa shape index (κ2) is 9.04. The van der Waals surface area contributed by atoms with Crippen molar-refractivity contribution in [2.45, 2.75) is 13.1 Å². The first kappa shape index (κ1) is 20.6. The molecule has 0 aliphatic carbocycles. The summed E-state index contributed by atoms with van der Waals surface area (Å²) < 4.78 is 7.95. The number of imide groups is 1. The number of carbonyl (C=O) groups excluding carboxylic acids is 2. The Kier molecular flexibility index (Phi) is 5.64. The zero-order valence-corrected chi connectivity index (χ0v) is 18.0. The van der Waals surface area contributed by atoms with Gasteiger partial charge in [-0.1, -0.05) is 66.7 Å².